The van der Waals surface area contributed by atoms with Gasteiger partial charge in [0.05, 0.1) is 10.3 Å². The van der Waals surface area contributed by atoms with Gasteiger partial charge in [0.25, 0.3) is 5.91 Å². The number of amides is 1. The Labute approximate surface area is 141 Å². The van der Waals surface area contributed by atoms with Crippen LogP contribution in [-0.4, -0.2) is 38.5 Å². The highest BCUT2D eigenvalue weighted by Gasteiger charge is 2.26. The van der Waals surface area contributed by atoms with E-state index >= 15 is 0 Å². The van der Waals surface area contributed by atoms with Crippen LogP contribution in [0.25, 0.3) is 0 Å². The lowest BCUT2D eigenvalue weighted by Crippen LogP contribution is -2.32. The first kappa shape index (κ1) is 19.9. The Hall–Kier alpha value is -2.19. The molecule has 1 aromatic rings. The topological polar surface area (TPSA) is 113 Å². The molecule has 1 rings (SSSR count). The Bertz CT molecular complexity index is 726. The van der Waals surface area contributed by atoms with Gasteiger partial charge in [-0.2, -0.15) is 0 Å². The molecule has 0 aliphatic carbocycles. The summed E-state index contributed by atoms with van der Waals surface area (Å²) in [4.78, 5) is 23.1. The molecule has 0 heterocycles. The molecule has 132 valence electrons. The van der Waals surface area contributed by atoms with Crippen LogP contribution < -0.4 is 10.0 Å². The lowest BCUT2D eigenvalue weighted by Gasteiger charge is -2.18. The maximum Gasteiger partial charge on any atom is 0.309 e. The van der Waals surface area contributed by atoms with E-state index in [1.807, 2.05) is 0 Å². The van der Waals surface area contributed by atoms with E-state index in [0.717, 1.165) is 0 Å². The van der Waals surface area contributed by atoms with Gasteiger partial charge >= 0.3 is 5.97 Å². The largest absolute Gasteiger partial charge is 0.481 e. The smallest absolute Gasteiger partial charge is 0.309 e. The third-order valence-electron chi connectivity index (χ3n) is 3.44. The van der Waals surface area contributed by atoms with Crippen molar-refractivity contribution in [3.05, 3.63) is 42.5 Å². The number of hydrogen-bond acceptors (Lipinski definition) is 4. The average Bonchev–Trinajstić information content (AvgIpc) is 2.52. The second kappa shape index (κ2) is 8.07. The summed E-state index contributed by atoms with van der Waals surface area (Å²) in [5, 5.41) is 11.6. The fraction of sp³-hybridized carbons (Fsp3) is 0.375. The summed E-state index contributed by atoms with van der Waals surface area (Å²) in [7, 11) is -3.71. The van der Waals surface area contributed by atoms with E-state index in [0.29, 0.717) is 0 Å². The summed E-state index contributed by atoms with van der Waals surface area (Å²) in [6.45, 7) is 6.83. The lowest BCUT2D eigenvalue weighted by molar-refractivity contribution is -0.147. The van der Waals surface area contributed by atoms with Crippen molar-refractivity contribution < 1.29 is 23.1 Å². The number of aliphatic carboxylic acids is 1. The number of carbonyl (C=O) groups is 2. The van der Waals surface area contributed by atoms with Crippen LogP contribution in [0.5, 0.6) is 0 Å². The zero-order chi connectivity index (χ0) is 18.4. The summed E-state index contributed by atoms with van der Waals surface area (Å²) in [6.07, 6.45) is 1.67. The third-order valence-corrected chi connectivity index (χ3v) is 4.86. The second-order valence-electron chi connectivity index (χ2n) is 5.86. The standard InChI is InChI=1S/C16H22N2O5S/c1-4-9-18-24(22,23)13-7-5-6-12(11-13)14(19)17-10-8-16(2,3)15(20)21/h4-7,11,18H,1,8-10H2,2-3H3,(H,17,19)(H,20,21). The van der Waals surface area contributed by atoms with Crippen molar-refractivity contribution in [1.82, 2.24) is 10.0 Å². The molecule has 0 unspecified atom stereocenters. The first-order valence-corrected chi connectivity index (χ1v) is 8.81. The Kier molecular flexibility index (Phi) is 6.68. The monoisotopic (exact) mass is 354 g/mol. The molecule has 0 saturated heterocycles. The van der Waals surface area contributed by atoms with Gasteiger partial charge < -0.3 is 10.4 Å². The van der Waals surface area contributed by atoms with Crippen molar-refractivity contribution in [3.8, 4) is 0 Å². The number of carboxylic acid groups (broad SMARTS) is 1. The van der Waals surface area contributed by atoms with Crippen LogP contribution in [0.2, 0.25) is 0 Å². The van der Waals surface area contributed by atoms with Crippen molar-refractivity contribution in [2.45, 2.75) is 25.2 Å². The molecule has 8 heteroatoms. The molecular weight excluding hydrogens is 332 g/mol. The van der Waals surface area contributed by atoms with E-state index in [9.17, 15) is 18.0 Å². The number of hydrogen-bond donors (Lipinski definition) is 3. The number of carbonyl (C=O) groups excluding carboxylic acids is 1. The molecule has 0 fully saturated rings. The van der Waals surface area contributed by atoms with Gasteiger partial charge in [-0.05, 0) is 38.5 Å². The van der Waals surface area contributed by atoms with Gasteiger partial charge in [0.1, 0.15) is 0 Å². The van der Waals surface area contributed by atoms with E-state index in [1.165, 1.54) is 30.3 Å². The minimum absolute atomic E-state index is 0.0251. The maximum atomic E-state index is 12.1. The molecule has 1 aromatic carbocycles. The summed E-state index contributed by atoms with van der Waals surface area (Å²) < 4.78 is 26.4. The summed E-state index contributed by atoms with van der Waals surface area (Å²) >= 11 is 0. The van der Waals surface area contributed by atoms with Crippen LogP contribution >= 0.6 is 0 Å². The number of benzene rings is 1. The molecule has 3 N–H and O–H groups in total. The Morgan fingerprint density at radius 3 is 2.58 bits per heavy atom. The highest BCUT2D eigenvalue weighted by Crippen LogP contribution is 2.19. The molecule has 0 spiro atoms. The van der Waals surface area contributed by atoms with Gasteiger partial charge in [-0.25, -0.2) is 13.1 Å². The molecule has 1 amide bonds. The molecule has 0 aromatic heterocycles. The molecular formula is C16H22N2O5S. The van der Waals surface area contributed by atoms with Crippen molar-refractivity contribution in [2.24, 2.45) is 5.41 Å². The lowest BCUT2D eigenvalue weighted by atomic mass is 9.90. The molecule has 0 radical (unpaired) electrons. The highest BCUT2D eigenvalue weighted by molar-refractivity contribution is 7.89. The van der Waals surface area contributed by atoms with E-state index in [1.54, 1.807) is 13.8 Å². The predicted octanol–water partition coefficient (Wildman–Crippen LogP) is 1.38. The first-order valence-electron chi connectivity index (χ1n) is 7.32. The predicted molar refractivity (Wildman–Crippen MR) is 90.2 cm³/mol. The number of nitrogens with one attached hydrogen (secondary N) is 2. The Balaban J connectivity index is 2.78. The molecule has 0 saturated carbocycles. The molecule has 7 nitrogen and oxygen atoms in total. The van der Waals surface area contributed by atoms with Gasteiger partial charge in [0.2, 0.25) is 10.0 Å². The number of carboxylic acids is 1. The second-order valence-corrected chi connectivity index (χ2v) is 7.63. The first-order chi connectivity index (χ1) is 11.1. The Morgan fingerprint density at radius 2 is 2.00 bits per heavy atom. The zero-order valence-corrected chi connectivity index (χ0v) is 14.5. The molecule has 0 atom stereocenters. The van der Waals surface area contributed by atoms with E-state index in [-0.39, 0.29) is 30.0 Å². The minimum atomic E-state index is -3.71. The average molecular weight is 354 g/mol. The number of rotatable bonds is 9. The van der Waals surface area contributed by atoms with Crippen LogP contribution in [0.4, 0.5) is 0 Å². The van der Waals surface area contributed by atoms with Crippen LogP contribution in [0.15, 0.2) is 41.8 Å². The maximum absolute atomic E-state index is 12.1. The van der Waals surface area contributed by atoms with Crippen molar-refractivity contribution in [1.29, 1.82) is 0 Å². The van der Waals surface area contributed by atoms with E-state index in [4.69, 9.17) is 5.11 Å². The summed E-state index contributed by atoms with van der Waals surface area (Å²) in [5.74, 6) is -1.41. The zero-order valence-electron chi connectivity index (χ0n) is 13.7. The molecule has 0 aliphatic rings. The number of sulfonamides is 1. The van der Waals surface area contributed by atoms with Gasteiger partial charge in [-0.1, -0.05) is 12.1 Å². The van der Waals surface area contributed by atoms with E-state index < -0.39 is 27.3 Å². The van der Waals surface area contributed by atoms with Gasteiger partial charge in [0.15, 0.2) is 0 Å². The summed E-state index contributed by atoms with van der Waals surface area (Å²) in [5.41, 5.74) is -0.766. The fourth-order valence-corrected chi connectivity index (χ4v) is 2.80. The SMILES string of the molecule is C=CCNS(=O)(=O)c1cccc(C(=O)NCCC(C)(C)C(=O)O)c1. The van der Waals surface area contributed by atoms with Crippen molar-refractivity contribution >= 4 is 21.9 Å². The van der Waals surface area contributed by atoms with E-state index in [2.05, 4.69) is 16.6 Å². The fourth-order valence-electron chi connectivity index (χ4n) is 1.75. The molecule has 0 aliphatic heterocycles. The van der Waals surface area contributed by atoms with Gasteiger partial charge in [-0.15, -0.1) is 6.58 Å². The van der Waals surface area contributed by atoms with Crippen LogP contribution in [0.1, 0.15) is 30.6 Å². The van der Waals surface area contributed by atoms with Crippen molar-refractivity contribution in [2.75, 3.05) is 13.1 Å². The van der Waals surface area contributed by atoms with Gasteiger partial charge in [0, 0.05) is 18.7 Å². The van der Waals surface area contributed by atoms with Crippen LogP contribution in [0, 0.1) is 5.41 Å². The van der Waals surface area contributed by atoms with Crippen LogP contribution in [0.3, 0.4) is 0 Å². The molecule has 0 bridgehead atoms. The summed E-state index contributed by atoms with van der Waals surface area (Å²) in [6, 6.07) is 5.61. The van der Waals surface area contributed by atoms with Gasteiger partial charge in [-0.3, -0.25) is 9.59 Å². The molecule has 24 heavy (non-hydrogen) atoms. The Morgan fingerprint density at radius 1 is 1.33 bits per heavy atom. The normalized spacial score (nSPS) is 11.8. The highest BCUT2D eigenvalue weighted by atomic mass is 32.2. The van der Waals surface area contributed by atoms with Crippen LogP contribution in [-0.2, 0) is 14.8 Å². The third kappa shape index (κ3) is 5.47. The quantitative estimate of drug-likeness (QED) is 0.580. The minimum Gasteiger partial charge on any atom is -0.481 e. The van der Waals surface area contributed by atoms with Crippen molar-refractivity contribution in [3.63, 3.8) is 0 Å².